The van der Waals surface area contributed by atoms with Crippen LogP contribution in [0.3, 0.4) is 0 Å². The third-order valence-electron chi connectivity index (χ3n) is 4.25. The second kappa shape index (κ2) is 5.33. The topological polar surface area (TPSA) is 46.3 Å². The molecule has 1 aromatic rings. The third-order valence-corrected chi connectivity index (χ3v) is 4.25. The molecule has 2 N–H and O–H groups in total. The molecule has 0 radical (unpaired) electrons. The van der Waals surface area contributed by atoms with Crippen LogP contribution >= 0.6 is 0 Å². The van der Waals surface area contributed by atoms with E-state index in [1.54, 1.807) is 0 Å². The van der Waals surface area contributed by atoms with Gasteiger partial charge in [-0.1, -0.05) is 29.8 Å². The Bertz CT molecular complexity index is 460. The molecule has 0 atom stereocenters. The van der Waals surface area contributed by atoms with Crippen molar-refractivity contribution >= 4 is 5.91 Å². The number of hydrogen-bond acceptors (Lipinski definition) is 2. The first kappa shape index (κ1) is 14.1. The summed E-state index contributed by atoms with van der Waals surface area (Å²) >= 11 is 0. The van der Waals surface area contributed by atoms with Crippen molar-refractivity contribution in [2.45, 2.75) is 45.1 Å². The van der Waals surface area contributed by atoms with E-state index in [1.165, 1.54) is 5.56 Å². The van der Waals surface area contributed by atoms with E-state index in [9.17, 15) is 4.79 Å². The molecule has 3 nitrogen and oxygen atoms in total. The zero-order valence-electron chi connectivity index (χ0n) is 12.1. The van der Waals surface area contributed by atoms with Gasteiger partial charge in [0.05, 0.1) is 5.41 Å². The zero-order valence-corrected chi connectivity index (χ0v) is 12.1. The van der Waals surface area contributed by atoms with Crippen LogP contribution in [0, 0.1) is 6.92 Å². The first-order chi connectivity index (χ1) is 9.03. The maximum Gasteiger partial charge on any atom is 0.233 e. The summed E-state index contributed by atoms with van der Waals surface area (Å²) in [5.74, 6) is 0.241. The lowest BCUT2D eigenvalue weighted by molar-refractivity contribution is -0.141. The van der Waals surface area contributed by atoms with Crippen molar-refractivity contribution in [1.29, 1.82) is 0 Å². The van der Waals surface area contributed by atoms with Gasteiger partial charge < -0.3 is 10.6 Å². The average Bonchev–Trinajstić information content (AvgIpc) is 2.36. The molecule has 0 saturated heterocycles. The Balaban J connectivity index is 2.36. The van der Waals surface area contributed by atoms with Gasteiger partial charge in [-0.15, -0.1) is 0 Å². The molecule has 0 aliphatic heterocycles. The Labute approximate surface area is 115 Å². The summed E-state index contributed by atoms with van der Waals surface area (Å²) in [7, 11) is 0. The molecule has 1 saturated carbocycles. The van der Waals surface area contributed by atoms with Gasteiger partial charge in [0, 0.05) is 19.1 Å². The Morgan fingerprint density at radius 1 is 1.37 bits per heavy atom. The highest BCUT2D eigenvalue weighted by molar-refractivity contribution is 5.89. The molecule has 19 heavy (non-hydrogen) atoms. The van der Waals surface area contributed by atoms with E-state index >= 15 is 0 Å². The van der Waals surface area contributed by atoms with Crippen molar-refractivity contribution < 1.29 is 4.79 Å². The van der Waals surface area contributed by atoms with Crippen molar-refractivity contribution in [1.82, 2.24) is 4.90 Å². The number of carbonyl (C=O) groups excluding carboxylic acids is 1. The van der Waals surface area contributed by atoms with Crippen molar-refractivity contribution in [2.24, 2.45) is 5.73 Å². The van der Waals surface area contributed by atoms with Crippen molar-refractivity contribution in [3.8, 4) is 0 Å². The highest BCUT2D eigenvalue weighted by Crippen LogP contribution is 2.44. The Hall–Kier alpha value is -1.35. The Morgan fingerprint density at radius 2 is 2.00 bits per heavy atom. The SMILES string of the molecule is CCN(CC)C(=O)C1(c2cccc(C)c2)CC(N)C1. The standard InChI is InChI=1S/C16H24N2O/c1-4-18(5-2)15(19)16(10-14(17)11-16)13-8-6-7-12(3)9-13/h6-9,14H,4-5,10-11,17H2,1-3H3. The molecule has 0 spiro atoms. The fraction of sp³-hybridized carbons (Fsp3) is 0.562. The molecule has 1 aromatic carbocycles. The zero-order chi connectivity index (χ0) is 14.0. The van der Waals surface area contributed by atoms with Gasteiger partial charge in [0.25, 0.3) is 0 Å². The summed E-state index contributed by atoms with van der Waals surface area (Å²) in [6.07, 6.45) is 1.54. The number of nitrogens with two attached hydrogens (primary N) is 1. The molecule has 0 heterocycles. The number of benzene rings is 1. The van der Waals surface area contributed by atoms with E-state index < -0.39 is 0 Å². The average molecular weight is 260 g/mol. The molecule has 104 valence electrons. The molecule has 1 fully saturated rings. The summed E-state index contributed by atoms with van der Waals surface area (Å²) < 4.78 is 0. The number of hydrogen-bond donors (Lipinski definition) is 1. The first-order valence-electron chi connectivity index (χ1n) is 7.15. The number of amides is 1. The largest absolute Gasteiger partial charge is 0.342 e. The fourth-order valence-electron chi connectivity index (χ4n) is 3.13. The predicted molar refractivity (Wildman–Crippen MR) is 78.0 cm³/mol. The number of aryl methyl sites for hydroxylation is 1. The van der Waals surface area contributed by atoms with Crippen LogP contribution in [0.25, 0.3) is 0 Å². The van der Waals surface area contributed by atoms with E-state index in [4.69, 9.17) is 5.73 Å². The van der Waals surface area contributed by atoms with Gasteiger partial charge in [-0.2, -0.15) is 0 Å². The number of nitrogens with zero attached hydrogens (tertiary/aromatic N) is 1. The minimum atomic E-state index is -0.378. The predicted octanol–water partition coefficient (Wildman–Crippen LogP) is 2.22. The molecular formula is C16H24N2O. The van der Waals surface area contributed by atoms with Crippen LogP contribution in [-0.2, 0) is 10.2 Å². The summed E-state index contributed by atoms with van der Waals surface area (Å²) in [4.78, 5) is 14.8. The van der Waals surface area contributed by atoms with Gasteiger partial charge in [0.15, 0.2) is 0 Å². The molecule has 2 rings (SSSR count). The van der Waals surface area contributed by atoms with Gasteiger partial charge in [0.1, 0.15) is 0 Å². The van der Waals surface area contributed by atoms with Crippen LogP contribution in [0.15, 0.2) is 24.3 Å². The molecule has 0 aromatic heterocycles. The Kier molecular flexibility index (Phi) is 3.95. The van der Waals surface area contributed by atoms with Crippen molar-refractivity contribution in [2.75, 3.05) is 13.1 Å². The molecule has 3 heteroatoms. The maximum absolute atomic E-state index is 12.8. The lowest BCUT2D eigenvalue weighted by atomic mass is 9.60. The quantitative estimate of drug-likeness (QED) is 0.902. The highest BCUT2D eigenvalue weighted by atomic mass is 16.2. The minimum Gasteiger partial charge on any atom is -0.342 e. The van der Waals surface area contributed by atoms with Crippen molar-refractivity contribution in [3.63, 3.8) is 0 Å². The van der Waals surface area contributed by atoms with Gasteiger partial charge >= 0.3 is 0 Å². The van der Waals surface area contributed by atoms with Crippen LogP contribution in [0.2, 0.25) is 0 Å². The normalized spacial score (nSPS) is 25.8. The van der Waals surface area contributed by atoms with Crippen LogP contribution in [-0.4, -0.2) is 29.9 Å². The van der Waals surface area contributed by atoms with E-state index in [-0.39, 0.29) is 17.4 Å². The van der Waals surface area contributed by atoms with Gasteiger partial charge in [-0.05, 0) is 39.2 Å². The fourth-order valence-corrected chi connectivity index (χ4v) is 3.13. The summed E-state index contributed by atoms with van der Waals surface area (Å²) in [5, 5.41) is 0. The minimum absolute atomic E-state index is 0.153. The van der Waals surface area contributed by atoms with Gasteiger partial charge in [0.2, 0.25) is 5.91 Å². The second-order valence-electron chi connectivity index (χ2n) is 5.60. The molecular weight excluding hydrogens is 236 g/mol. The molecule has 0 unspecified atom stereocenters. The number of likely N-dealkylation sites (N-methyl/N-ethyl adjacent to an activating group) is 1. The molecule has 1 aliphatic rings. The Morgan fingerprint density at radius 3 is 2.47 bits per heavy atom. The summed E-state index contributed by atoms with van der Waals surface area (Å²) in [5.41, 5.74) is 7.93. The molecule has 0 bridgehead atoms. The van der Waals surface area contributed by atoms with E-state index in [0.717, 1.165) is 31.5 Å². The lowest BCUT2D eigenvalue weighted by Crippen LogP contribution is -2.58. The maximum atomic E-state index is 12.8. The van der Waals surface area contributed by atoms with Crippen LogP contribution in [0.4, 0.5) is 0 Å². The van der Waals surface area contributed by atoms with Crippen LogP contribution < -0.4 is 5.73 Å². The van der Waals surface area contributed by atoms with Gasteiger partial charge in [-0.25, -0.2) is 0 Å². The number of carbonyl (C=O) groups is 1. The third kappa shape index (κ3) is 2.39. The summed E-state index contributed by atoms with van der Waals surface area (Å²) in [6, 6.07) is 8.46. The smallest absolute Gasteiger partial charge is 0.233 e. The van der Waals surface area contributed by atoms with Crippen molar-refractivity contribution in [3.05, 3.63) is 35.4 Å². The molecule has 1 aliphatic carbocycles. The van der Waals surface area contributed by atoms with Gasteiger partial charge in [-0.3, -0.25) is 4.79 Å². The van der Waals surface area contributed by atoms with Crippen LogP contribution in [0.5, 0.6) is 0 Å². The van der Waals surface area contributed by atoms with E-state index in [1.807, 2.05) is 24.8 Å². The molecule has 1 amide bonds. The monoisotopic (exact) mass is 260 g/mol. The summed E-state index contributed by atoms with van der Waals surface area (Å²) in [6.45, 7) is 7.65. The highest BCUT2D eigenvalue weighted by Gasteiger charge is 2.51. The van der Waals surface area contributed by atoms with Crippen LogP contribution in [0.1, 0.15) is 37.8 Å². The van der Waals surface area contributed by atoms with E-state index in [2.05, 4.69) is 25.1 Å². The first-order valence-corrected chi connectivity index (χ1v) is 7.15. The van der Waals surface area contributed by atoms with E-state index in [0.29, 0.717) is 0 Å². The second-order valence-corrected chi connectivity index (χ2v) is 5.60. The lowest BCUT2D eigenvalue weighted by Gasteiger charge is -2.47. The number of rotatable bonds is 4.